The molecule has 0 amide bonds. The molecule has 2 nitrogen and oxygen atoms in total. The van der Waals surface area contributed by atoms with Gasteiger partial charge in [-0.1, -0.05) is 44.2 Å². The van der Waals surface area contributed by atoms with E-state index in [2.05, 4.69) is 36.6 Å². The quantitative estimate of drug-likeness (QED) is 0.823. The Balaban J connectivity index is 1.95. The highest BCUT2D eigenvalue weighted by molar-refractivity contribution is 5.29. The van der Waals surface area contributed by atoms with Crippen molar-refractivity contribution in [3.63, 3.8) is 0 Å². The van der Waals surface area contributed by atoms with Gasteiger partial charge in [-0.15, -0.1) is 0 Å². The van der Waals surface area contributed by atoms with E-state index in [1.54, 1.807) is 0 Å². The summed E-state index contributed by atoms with van der Waals surface area (Å²) in [7, 11) is 2.07. The van der Waals surface area contributed by atoms with Crippen molar-refractivity contribution in [3.05, 3.63) is 29.8 Å². The fourth-order valence-corrected chi connectivity index (χ4v) is 3.14. The van der Waals surface area contributed by atoms with Gasteiger partial charge in [0.1, 0.15) is 5.75 Å². The Bertz CT molecular complexity index is 354. The van der Waals surface area contributed by atoms with Gasteiger partial charge in [0.05, 0.1) is 6.61 Å². The van der Waals surface area contributed by atoms with Gasteiger partial charge in [-0.05, 0) is 44.0 Å². The summed E-state index contributed by atoms with van der Waals surface area (Å²) in [5.41, 5.74) is 1.39. The van der Waals surface area contributed by atoms with Crippen molar-refractivity contribution in [1.29, 1.82) is 0 Å². The molecule has 19 heavy (non-hydrogen) atoms. The number of ether oxygens (including phenoxy) is 1. The number of rotatable bonds is 6. The molecule has 1 unspecified atom stereocenters. The molecule has 1 atom stereocenters. The molecule has 1 N–H and O–H groups in total. The molecule has 0 aromatic heterocycles. The van der Waals surface area contributed by atoms with Gasteiger partial charge in [-0.2, -0.15) is 0 Å². The van der Waals surface area contributed by atoms with Gasteiger partial charge in [0.2, 0.25) is 0 Å². The van der Waals surface area contributed by atoms with Crippen LogP contribution in [0.25, 0.3) is 0 Å². The Labute approximate surface area is 117 Å². The molecule has 2 rings (SSSR count). The van der Waals surface area contributed by atoms with Gasteiger partial charge in [-0.3, -0.25) is 0 Å². The van der Waals surface area contributed by atoms with E-state index >= 15 is 0 Å². The Hall–Kier alpha value is -1.02. The van der Waals surface area contributed by atoms with E-state index in [1.165, 1.54) is 44.1 Å². The predicted molar refractivity (Wildman–Crippen MR) is 80.6 cm³/mol. The maximum atomic E-state index is 5.50. The third-order valence-electron chi connectivity index (χ3n) is 4.24. The van der Waals surface area contributed by atoms with Gasteiger partial charge >= 0.3 is 0 Å². The van der Waals surface area contributed by atoms with Crippen molar-refractivity contribution in [1.82, 2.24) is 5.32 Å². The van der Waals surface area contributed by atoms with Gasteiger partial charge in [0.15, 0.2) is 0 Å². The maximum absolute atomic E-state index is 5.50. The van der Waals surface area contributed by atoms with Crippen LogP contribution in [0.5, 0.6) is 5.75 Å². The van der Waals surface area contributed by atoms with Crippen molar-refractivity contribution in [2.24, 2.45) is 5.92 Å². The molecule has 0 spiro atoms. The largest absolute Gasteiger partial charge is 0.494 e. The second-order valence-electron chi connectivity index (χ2n) is 5.58. The molecule has 2 heteroatoms. The average Bonchev–Trinajstić information content (AvgIpc) is 2.47. The van der Waals surface area contributed by atoms with Crippen molar-refractivity contribution in [2.75, 3.05) is 13.7 Å². The third kappa shape index (κ3) is 4.24. The highest BCUT2D eigenvalue weighted by Gasteiger charge is 2.19. The summed E-state index contributed by atoms with van der Waals surface area (Å²) in [5, 5.41) is 3.48. The van der Waals surface area contributed by atoms with Crippen LogP contribution in [-0.4, -0.2) is 13.7 Å². The summed E-state index contributed by atoms with van der Waals surface area (Å²) < 4.78 is 5.50. The Morgan fingerprint density at radius 3 is 2.42 bits per heavy atom. The number of nitrogens with one attached hydrogen (secondary N) is 1. The van der Waals surface area contributed by atoms with Crippen LogP contribution in [0.4, 0.5) is 0 Å². The minimum absolute atomic E-state index is 0.485. The first-order valence-corrected chi connectivity index (χ1v) is 7.73. The lowest BCUT2D eigenvalue weighted by molar-refractivity contribution is 0.305. The Morgan fingerprint density at radius 1 is 1.16 bits per heavy atom. The van der Waals surface area contributed by atoms with E-state index in [0.29, 0.717) is 6.04 Å². The van der Waals surface area contributed by atoms with Gasteiger partial charge < -0.3 is 10.1 Å². The monoisotopic (exact) mass is 261 g/mol. The summed E-state index contributed by atoms with van der Waals surface area (Å²) in [5.74, 6) is 1.87. The van der Waals surface area contributed by atoms with Crippen LogP contribution >= 0.6 is 0 Å². The van der Waals surface area contributed by atoms with Crippen molar-refractivity contribution in [2.45, 2.75) is 51.5 Å². The van der Waals surface area contributed by atoms with Crippen molar-refractivity contribution < 1.29 is 4.74 Å². The third-order valence-corrected chi connectivity index (χ3v) is 4.24. The predicted octanol–water partition coefficient (Wildman–Crippen LogP) is 4.32. The molecule has 0 bridgehead atoms. The number of hydrogen-bond acceptors (Lipinski definition) is 2. The first-order chi connectivity index (χ1) is 9.33. The normalized spacial score (nSPS) is 18.2. The number of benzene rings is 1. The smallest absolute Gasteiger partial charge is 0.119 e. The van der Waals surface area contributed by atoms with Crippen LogP contribution in [0, 0.1) is 5.92 Å². The van der Waals surface area contributed by atoms with E-state index in [1.807, 2.05) is 6.92 Å². The lowest BCUT2D eigenvalue weighted by atomic mass is 9.83. The minimum atomic E-state index is 0.485. The zero-order chi connectivity index (χ0) is 13.5. The summed E-state index contributed by atoms with van der Waals surface area (Å²) >= 11 is 0. The van der Waals surface area contributed by atoms with E-state index < -0.39 is 0 Å². The van der Waals surface area contributed by atoms with E-state index in [4.69, 9.17) is 4.74 Å². The topological polar surface area (TPSA) is 21.3 Å². The van der Waals surface area contributed by atoms with Crippen molar-refractivity contribution in [3.8, 4) is 5.75 Å². The SMILES string of the molecule is CCOc1ccc(C(CC2CCCCC2)NC)cc1. The second-order valence-corrected chi connectivity index (χ2v) is 5.58. The molecular formula is C17H27NO. The van der Waals surface area contributed by atoms with Crippen LogP contribution in [-0.2, 0) is 0 Å². The van der Waals surface area contributed by atoms with Crippen LogP contribution in [0.1, 0.15) is 57.1 Å². The minimum Gasteiger partial charge on any atom is -0.494 e. The van der Waals surface area contributed by atoms with Crippen LogP contribution in [0.15, 0.2) is 24.3 Å². The molecule has 0 heterocycles. The molecule has 1 aliphatic carbocycles. The van der Waals surface area contributed by atoms with Gasteiger partial charge in [0, 0.05) is 6.04 Å². The fourth-order valence-electron chi connectivity index (χ4n) is 3.14. The molecule has 1 aromatic rings. The highest BCUT2D eigenvalue weighted by Crippen LogP contribution is 2.32. The van der Waals surface area contributed by atoms with Crippen LogP contribution in [0.3, 0.4) is 0 Å². The lowest BCUT2D eigenvalue weighted by Crippen LogP contribution is -2.21. The Kier molecular flexibility index (Phi) is 5.71. The lowest BCUT2D eigenvalue weighted by Gasteiger charge is -2.26. The highest BCUT2D eigenvalue weighted by atomic mass is 16.5. The standard InChI is InChI=1S/C17H27NO/c1-3-19-16-11-9-15(10-12-16)17(18-2)13-14-7-5-4-6-8-14/h9-12,14,17-18H,3-8,13H2,1-2H3. The summed E-state index contributed by atoms with van der Waals surface area (Å²) in [6, 6.07) is 9.07. The molecule has 0 saturated heterocycles. The summed E-state index contributed by atoms with van der Waals surface area (Å²) in [6.45, 7) is 2.75. The molecule has 106 valence electrons. The van der Waals surface area contributed by atoms with E-state index in [0.717, 1.165) is 18.3 Å². The van der Waals surface area contributed by atoms with Gasteiger partial charge in [-0.25, -0.2) is 0 Å². The molecule has 1 aromatic carbocycles. The van der Waals surface area contributed by atoms with Crippen LogP contribution < -0.4 is 10.1 Å². The first-order valence-electron chi connectivity index (χ1n) is 7.73. The summed E-state index contributed by atoms with van der Waals surface area (Å²) in [4.78, 5) is 0. The second kappa shape index (κ2) is 7.54. The average molecular weight is 261 g/mol. The Morgan fingerprint density at radius 2 is 1.84 bits per heavy atom. The molecule has 0 radical (unpaired) electrons. The molecule has 1 aliphatic rings. The molecule has 1 fully saturated rings. The fraction of sp³-hybridized carbons (Fsp3) is 0.647. The maximum Gasteiger partial charge on any atom is 0.119 e. The van der Waals surface area contributed by atoms with E-state index in [9.17, 15) is 0 Å². The van der Waals surface area contributed by atoms with Gasteiger partial charge in [0.25, 0.3) is 0 Å². The summed E-state index contributed by atoms with van der Waals surface area (Å²) in [6.07, 6.45) is 8.37. The van der Waals surface area contributed by atoms with Crippen molar-refractivity contribution >= 4 is 0 Å². The molecular weight excluding hydrogens is 234 g/mol. The number of hydrogen-bond donors (Lipinski definition) is 1. The zero-order valence-corrected chi connectivity index (χ0v) is 12.3. The zero-order valence-electron chi connectivity index (χ0n) is 12.3. The molecule has 0 aliphatic heterocycles. The van der Waals surface area contributed by atoms with E-state index in [-0.39, 0.29) is 0 Å². The molecule has 1 saturated carbocycles. The van der Waals surface area contributed by atoms with Crippen LogP contribution in [0.2, 0.25) is 0 Å². The first kappa shape index (κ1) is 14.4.